The molecule has 7 nitrogen and oxygen atoms in total. The zero-order valence-corrected chi connectivity index (χ0v) is 17.1. The molecule has 0 heterocycles. The number of hydrogen-bond donors (Lipinski definition) is 2. The van der Waals surface area contributed by atoms with Crippen molar-refractivity contribution in [2.45, 2.75) is 13.8 Å². The third kappa shape index (κ3) is 9.32. The van der Waals surface area contributed by atoms with Gasteiger partial charge in [0.2, 0.25) is 5.91 Å². The van der Waals surface area contributed by atoms with Gasteiger partial charge in [-0.1, -0.05) is 0 Å². The van der Waals surface area contributed by atoms with E-state index in [1.807, 2.05) is 62.4 Å². The van der Waals surface area contributed by atoms with Crippen molar-refractivity contribution in [3.63, 3.8) is 0 Å². The van der Waals surface area contributed by atoms with E-state index in [0.29, 0.717) is 45.3 Å². The molecule has 0 radical (unpaired) electrons. The molecule has 0 aliphatic heterocycles. The Balaban J connectivity index is 1.68. The summed E-state index contributed by atoms with van der Waals surface area (Å²) in [6.07, 6.45) is 0. The zero-order chi connectivity index (χ0) is 20.7. The van der Waals surface area contributed by atoms with Crippen LogP contribution in [-0.4, -0.2) is 52.1 Å². The molecule has 0 aliphatic rings. The van der Waals surface area contributed by atoms with Crippen LogP contribution < -0.4 is 20.1 Å². The first kappa shape index (κ1) is 22.5. The SMILES string of the molecule is CCOCCOc1ccc(NCC(=O)Nc2ccc(OCCOCC)cc2)cc1. The topological polar surface area (TPSA) is 78.1 Å². The second-order valence-electron chi connectivity index (χ2n) is 6.04. The summed E-state index contributed by atoms with van der Waals surface area (Å²) in [6.45, 7) is 7.55. The van der Waals surface area contributed by atoms with Gasteiger partial charge in [-0.2, -0.15) is 0 Å². The van der Waals surface area contributed by atoms with Gasteiger partial charge in [-0.15, -0.1) is 0 Å². The van der Waals surface area contributed by atoms with Crippen molar-refractivity contribution in [3.05, 3.63) is 48.5 Å². The summed E-state index contributed by atoms with van der Waals surface area (Å²) in [4.78, 5) is 12.1. The molecule has 0 saturated carbocycles. The van der Waals surface area contributed by atoms with E-state index in [1.165, 1.54) is 0 Å². The average molecular weight is 402 g/mol. The summed E-state index contributed by atoms with van der Waals surface area (Å²) in [5.74, 6) is 1.37. The van der Waals surface area contributed by atoms with Gasteiger partial charge in [-0.3, -0.25) is 4.79 Å². The molecule has 2 N–H and O–H groups in total. The molecule has 0 spiro atoms. The lowest BCUT2D eigenvalue weighted by Crippen LogP contribution is -2.21. The van der Waals surface area contributed by atoms with Crippen molar-refractivity contribution in [1.82, 2.24) is 0 Å². The van der Waals surface area contributed by atoms with Crippen LogP contribution in [0.5, 0.6) is 11.5 Å². The van der Waals surface area contributed by atoms with Crippen LogP contribution in [0.2, 0.25) is 0 Å². The van der Waals surface area contributed by atoms with Crippen LogP contribution in [0.1, 0.15) is 13.8 Å². The highest BCUT2D eigenvalue weighted by atomic mass is 16.5. The van der Waals surface area contributed by atoms with E-state index in [2.05, 4.69) is 10.6 Å². The average Bonchev–Trinajstić information content (AvgIpc) is 2.75. The third-order valence-corrected chi connectivity index (χ3v) is 3.85. The molecule has 2 aromatic rings. The lowest BCUT2D eigenvalue weighted by molar-refractivity contribution is -0.114. The van der Waals surface area contributed by atoms with Crippen molar-refractivity contribution >= 4 is 17.3 Å². The molecule has 29 heavy (non-hydrogen) atoms. The van der Waals surface area contributed by atoms with Crippen molar-refractivity contribution in [3.8, 4) is 11.5 Å². The van der Waals surface area contributed by atoms with Crippen LogP contribution in [0.25, 0.3) is 0 Å². The van der Waals surface area contributed by atoms with E-state index in [0.717, 1.165) is 17.2 Å². The Morgan fingerprint density at radius 1 is 0.724 bits per heavy atom. The molecule has 0 unspecified atom stereocenters. The molecular weight excluding hydrogens is 372 g/mol. The van der Waals surface area contributed by atoms with E-state index in [4.69, 9.17) is 18.9 Å². The van der Waals surface area contributed by atoms with Crippen molar-refractivity contribution in [2.24, 2.45) is 0 Å². The van der Waals surface area contributed by atoms with E-state index in [-0.39, 0.29) is 12.5 Å². The standard InChI is InChI=1S/C22H30N2O5/c1-3-26-13-15-28-20-9-5-18(6-10-20)23-17-22(25)24-19-7-11-21(12-8-19)29-16-14-27-4-2/h5-12,23H,3-4,13-17H2,1-2H3,(H,24,25). The molecule has 0 aromatic heterocycles. The van der Waals surface area contributed by atoms with Gasteiger partial charge in [0.1, 0.15) is 24.7 Å². The Kier molecular flexibility index (Phi) is 10.4. The van der Waals surface area contributed by atoms with Crippen LogP contribution in [0.4, 0.5) is 11.4 Å². The smallest absolute Gasteiger partial charge is 0.243 e. The minimum absolute atomic E-state index is 0.132. The fourth-order valence-corrected chi connectivity index (χ4v) is 2.42. The Labute approximate surface area is 172 Å². The fraction of sp³-hybridized carbons (Fsp3) is 0.409. The molecule has 158 valence electrons. The molecule has 0 atom stereocenters. The normalized spacial score (nSPS) is 10.4. The first-order chi connectivity index (χ1) is 14.2. The number of carbonyl (C=O) groups is 1. The summed E-state index contributed by atoms with van der Waals surface area (Å²) < 4.78 is 21.6. The van der Waals surface area contributed by atoms with Gasteiger partial charge < -0.3 is 29.6 Å². The van der Waals surface area contributed by atoms with Crippen molar-refractivity contribution in [1.29, 1.82) is 0 Å². The lowest BCUT2D eigenvalue weighted by Gasteiger charge is -2.10. The summed E-state index contributed by atoms with van der Waals surface area (Å²) in [5.41, 5.74) is 1.56. The predicted octanol–water partition coefficient (Wildman–Crippen LogP) is 3.57. The number of rotatable bonds is 14. The number of amides is 1. The van der Waals surface area contributed by atoms with Gasteiger partial charge in [0.15, 0.2) is 0 Å². The summed E-state index contributed by atoms with van der Waals surface area (Å²) >= 11 is 0. The van der Waals surface area contributed by atoms with Gasteiger partial charge in [-0.05, 0) is 62.4 Å². The van der Waals surface area contributed by atoms with Crippen LogP contribution in [0.15, 0.2) is 48.5 Å². The van der Waals surface area contributed by atoms with Gasteiger partial charge in [0.25, 0.3) is 0 Å². The van der Waals surface area contributed by atoms with Gasteiger partial charge in [0.05, 0.1) is 19.8 Å². The third-order valence-electron chi connectivity index (χ3n) is 3.85. The maximum Gasteiger partial charge on any atom is 0.243 e. The van der Waals surface area contributed by atoms with E-state index in [9.17, 15) is 4.79 Å². The first-order valence-corrected chi connectivity index (χ1v) is 9.86. The largest absolute Gasteiger partial charge is 0.491 e. The van der Waals surface area contributed by atoms with E-state index >= 15 is 0 Å². The number of nitrogens with one attached hydrogen (secondary N) is 2. The molecule has 0 bridgehead atoms. The molecule has 1 amide bonds. The van der Waals surface area contributed by atoms with E-state index in [1.54, 1.807) is 0 Å². The van der Waals surface area contributed by atoms with Gasteiger partial charge in [0, 0.05) is 24.6 Å². The second-order valence-corrected chi connectivity index (χ2v) is 6.04. The Morgan fingerprint density at radius 3 is 1.69 bits per heavy atom. The molecular formula is C22H30N2O5. The Bertz CT molecular complexity index is 704. The summed E-state index contributed by atoms with van der Waals surface area (Å²) in [7, 11) is 0. The van der Waals surface area contributed by atoms with Crippen LogP contribution in [0.3, 0.4) is 0 Å². The van der Waals surface area contributed by atoms with Crippen LogP contribution in [0, 0.1) is 0 Å². The summed E-state index contributed by atoms with van der Waals surface area (Å²) in [6, 6.07) is 14.7. The van der Waals surface area contributed by atoms with Crippen molar-refractivity contribution in [2.75, 3.05) is 56.8 Å². The molecule has 2 rings (SSSR count). The number of anilines is 2. The molecule has 2 aromatic carbocycles. The monoisotopic (exact) mass is 402 g/mol. The van der Waals surface area contributed by atoms with E-state index < -0.39 is 0 Å². The number of hydrogen-bond acceptors (Lipinski definition) is 6. The van der Waals surface area contributed by atoms with Gasteiger partial charge in [-0.25, -0.2) is 0 Å². The Morgan fingerprint density at radius 2 is 1.21 bits per heavy atom. The number of benzene rings is 2. The lowest BCUT2D eigenvalue weighted by atomic mass is 10.3. The van der Waals surface area contributed by atoms with Crippen LogP contribution in [-0.2, 0) is 14.3 Å². The quantitative estimate of drug-likeness (QED) is 0.471. The zero-order valence-electron chi connectivity index (χ0n) is 17.1. The number of carbonyl (C=O) groups excluding carboxylic acids is 1. The predicted molar refractivity (Wildman–Crippen MR) is 114 cm³/mol. The fourth-order valence-electron chi connectivity index (χ4n) is 2.42. The number of ether oxygens (including phenoxy) is 4. The minimum Gasteiger partial charge on any atom is -0.491 e. The molecule has 0 fully saturated rings. The molecule has 0 aliphatic carbocycles. The minimum atomic E-state index is -0.132. The first-order valence-electron chi connectivity index (χ1n) is 9.86. The summed E-state index contributed by atoms with van der Waals surface area (Å²) in [5, 5.41) is 5.94. The van der Waals surface area contributed by atoms with Gasteiger partial charge >= 0.3 is 0 Å². The molecule has 0 saturated heterocycles. The maximum atomic E-state index is 12.1. The highest BCUT2D eigenvalue weighted by molar-refractivity contribution is 5.93. The highest BCUT2D eigenvalue weighted by Gasteiger charge is 2.03. The molecule has 7 heteroatoms. The van der Waals surface area contributed by atoms with Crippen molar-refractivity contribution < 1.29 is 23.7 Å². The second kappa shape index (κ2) is 13.4. The highest BCUT2D eigenvalue weighted by Crippen LogP contribution is 2.17. The Hall–Kier alpha value is -2.77. The van der Waals surface area contributed by atoms with Crippen LogP contribution >= 0.6 is 0 Å². The maximum absolute atomic E-state index is 12.1.